The topological polar surface area (TPSA) is 91.0 Å². The molecule has 0 atom stereocenters. The summed E-state index contributed by atoms with van der Waals surface area (Å²) in [5, 5.41) is -0.212. The number of halogens is 3. The van der Waals surface area contributed by atoms with Gasteiger partial charge in [0.25, 0.3) is 0 Å². The predicted molar refractivity (Wildman–Crippen MR) is 136 cm³/mol. The zero-order valence-corrected chi connectivity index (χ0v) is 20.7. The number of ether oxygens (including phenoxy) is 2. The summed E-state index contributed by atoms with van der Waals surface area (Å²) in [7, 11) is 0. The number of hydrogen-bond acceptors (Lipinski definition) is 8. The second-order valence-electron chi connectivity index (χ2n) is 9.16. The van der Waals surface area contributed by atoms with E-state index in [0.29, 0.717) is 45.9 Å². The SMILES string of the molecule is O=C(OCCN1CCOCC1)c1c[nH]c2c(C(F)(F)F)c(N3CCN(c4ccccn4)CC3)ccc2c1=O. The number of anilines is 2. The van der Waals surface area contributed by atoms with Crippen LogP contribution in [0, 0.1) is 0 Å². The highest BCUT2D eigenvalue weighted by molar-refractivity contribution is 5.95. The average molecular weight is 532 g/mol. The van der Waals surface area contributed by atoms with E-state index in [1.807, 2.05) is 23.1 Å². The summed E-state index contributed by atoms with van der Waals surface area (Å²) in [6.45, 7) is 4.87. The molecule has 0 spiro atoms. The Morgan fingerprint density at radius 1 is 1.03 bits per heavy atom. The minimum Gasteiger partial charge on any atom is -0.461 e. The Balaban J connectivity index is 1.36. The fraction of sp³-hybridized carbons (Fsp3) is 0.423. The van der Waals surface area contributed by atoms with Crippen molar-refractivity contribution in [2.75, 3.05) is 75.4 Å². The summed E-state index contributed by atoms with van der Waals surface area (Å²) < 4.78 is 53.5. The van der Waals surface area contributed by atoms with Gasteiger partial charge in [-0.3, -0.25) is 9.69 Å². The van der Waals surface area contributed by atoms with Gasteiger partial charge in [-0.05, 0) is 24.3 Å². The zero-order valence-electron chi connectivity index (χ0n) is 20.7. The van der Waals surface area contributed by atoms with E-state index in [-0.39, 0.29) is 28.8 Å². The Morgan fingerprint density at radius 3 is 2.45 bits per heavy atom. The summed E-state index contributed by atoms with van der Waals surface area (Å²) in [4.78, 5) is 38.3. The molecule has 12 heteroatoms. The summed E-state index contributed by atoms with van der Waals surface area (Å²) in [5.41, 5.74) is -2.42. The van der Waals surface area contributed by atoms with Gasteiger partial charge in [-0.15, -0.1) is 0 Å². The second-order valence-corrected chi connectivity index (χ2v) is 9.16. The number of benzene rings is 1. The minimum absolute atomic E-state index is 0.0119. The highest BCUT2D eigenvalue weighted by Crippen LogP contribution is 2.40. The number of rotatable bonds is 6. The quantitative estimate of drug-likeness (QED) is 0.486. The highest BCUT2D eigenvalue weighted by Gasteiger charge is 2.38. The number of nitrogens with zero attached hydrogens (tertiary/aromatic N) is 4. The molecule has 5 rings (SSSR count). The first-order valence-corrected chi connectivity index (χ1v) is 12.5. The summed E-state index contributed by atoms with van der Waals surface area (Å²) >= 11 is 0. The Morgan fingerprint density at radius 2 is 1.76 bits per heavy atom. The Bertz CT molecular complexity index is 1330. The van der Waals surface area contributed by atoms with E-state index in [2.05, 4.69) is 14.9 Å². The van der Waals surface area contributed by atoms with Crippen LogP contribution < -0.4 is 15.2 Å². The molecule has 0 unspecified atom stereocenters. The molecule has 0 saturated carbocycles. The van der Waals surface area contributed by atoms with E-state index < -0.39 is 23.1 Å². The van der Waals surface area contributed by atoms with Crippen molar-refractivity contribution < 1.29 is 27.4 Å². The Hall–Kier alpha value is -3.64. The summed E-state index contributed by atoms with van der Waals surface area (Å²) in [6, 6.07) is 8.19. The molecule has 0 aliphatic carbocycles. The van der Waals surface area contributed by atoms with E-state index in [0.717, 1.165) is 25.1 Å². The van der Waals surface area contributed by atoms with Crippen LogP contribution in [0.15, 0.2) is 47.5 Å². The Labute approximate surface area is 216 Å². The van der Waals surface area contributed by atoms with Crippen LogP contribution in [0.25, 0.3) is 10.9 Å². The molecule has 1 aromatic carbocycles. The lowest BCUT2D eigenvalue weighted by Gasteiger charge is -2.37. The number of H-pyrrole nitrogens is 1. The first kappa shape index (κ1) is 26.0. The number of hydrogen-bond donors (Lipinski definition) is 1. The van der Waals surface area contributed by atoms with Crippen molar-refractivity contribution in [1.29, 1.82) is 0 Å². The largest absolute Gasteiger partial charge is 0.461 e. The predicted octanol–water partition coefficient (Wildman–Crippen LogP) is 2.76. The van der Waals surface area contributed by atoms with E-state index in [1.165, 1.54) is 12.1 Å². The smallest absolute Gasteiger partial charge is 0.420 e. The molecule has 9 nitrogen and oxygen atoms in total. The maximum Gasteiger partial charge on any atom is 0.420 e. The molecule has 3 aromatic rings. The van der Waals surface area contributed by atoms with Gasteiger partial charge in [0.15, 0.2) is 0 Å². The van der Waals surface area contributed by atoms with Gasteiger partial charge in [0.2, 0.25) is 5.43 Å². The number of nitrogens with one attached hydrogen (secondary N) is 1. The van der Waals surface area contributed by atoms with Crippen molar-refractivity contribution in [3.05, 3.63) is 64.1 Å². The highest BCUT2D eigenvalue weighted by atomic mass is 19.4. The molecule has 38 heavy (non-hydrogen) atoms. The van der Waals surface area contributed by atoms with Crippen molar-refractivity contribution in [1.82, 2.24) is 14.9 Å². The third kappa shape index (κ3) is 5.46. The molecule has 0 amide bonds. The normalized spacial score (nSPS) is 17.1. The number of aromatic amines is 1. The van der Waals surface area contributed by atoms with Crippen molar-refractivity contribution in [2.24, 2.45) is 0 Å². The molecule has 2 aliphatic heterocycles. The number of alkyl halides is 3. The fourth-order valence-electron chi connectivity index (χ4n) is 4.88. The van der Waals surface area contributed by atoms with Gasteiger partial charge in [-0.1, -0.05) is 6.07 Å². The number of piperazine rings is 1. The van der Waals surface area contributed by atoms with Crippen LogP contribution in [-0.4, -0.2) is 86.5 Å². The zero-order chi connectivity index (χ0) is 26.7. The molecular formula is C26H28F3N5O4. The average Bonchev–Trinajstić information content (AvgIpc) is 2.93. The number of pyridine rings is 2. The molecule has 202 valence electrons. The molecule has 2 aliphatic rings. The number of carbonyl (C=O) groups excluding carboxylic acids is 1. The van der Waals surface area contributed by atoms with Crippen LogP contribution in [0.1, 0.15) is 15.9 Å². The maximum absolute atomic E-state index is 14.3. The minimum atomic E-state index is -4.73. The number of fused-ring (bicyclic) bond motifs is 1. The van der Waals surface area contributed by atoms with Gasteiger partial charge in [0.05, 0.1) is 24.4 Å². The van der Waals surface area contributed by atoms with Crippen LogP contribution in [0.5, 0.6) is 0 Å². The lowest BCUT2D eigenvalue weighted by Crippen LogP contribution is -2.47. The van der Waals surface area contributed by atoms with Gasteiger partial charge in [0.1, 0.15) is 23.6 Å². The number of aromatic nitrogens is 2. The van der Waals surface area contributed by atoms with Crippen LogP contribution in [-0.2, 0) is 15.7 Å². The first-order chi connectivity index (χ1) is 18.3. The summed E-state index contributed by atoms with van der Waals surface area (Å²) in [5.74, 6) is -0.0971. The van der Waals surface area contributed by atoms with Crippen molar-refractivity contribution in [3.8, 4) is 0 Å². The van der Waals surface area contributed by atoms with Crippen LogP contribution >= 0.6 is 0 Å². The monoisotopic (exact) mass is 531 g/mol. The van der Waals surface area contributed by atoms with Gasteiger partial charge >= 0.3 is 12.1 Å². The molecule has 0 radical (unpaired) electrons. The van der Waals surface area contributed by atoms with E-state index >= 15 is 0 Å². The Kier molecular flexibility index (Phi) is 7.52. The number of morpholine rings is 1. The van der Waals surface area contributed by atoms with Crippen LogP contribution in [0.2, 0.25) is 0 Å². The molecule has 1 N–H and O–H groups in total. The molecule has 4 heterocycles. The third-order valence-corrected chi connectivity index (χ3v) is 6.87. The van der Waals surface area contributed by atoms with Crippen molar-refractivity contribution in [3.63, 3.8) is 0 Å². The number of esters is 1. The van der Waals surface area contributed by atoms with Crippen LogP contribution in [0.3, 0.4) is 0 Å². The first-order valence-electron chi connectivity index (χ1n) is 12.5. The standard InChI is InChI=1S/C26H28F3N5O4/c27-26(28,29)22-20(33-7-9-34(10-8-33)21-3-1-2-6-30-21)5-4-18-23(22)31-17-19(24(18)35)25(36)38-16-13-32-11-14-37-15-12-32/h1-6,17H,7-16H2,(H,31,35). The molecule has 0 bridgehead atoms. The van der Waals surface area contributed by atoms with E-state index in [1.54, 1.807) is 11.1 Å². The molecular weight excluding hydrogens is 503 g/mol. The molecule has 2 fully saturated rings. The maximum atomic E-state index is 14.3. The number of carbonyl (C=O) groups is 1. The molecule has 2 aromatic heterocycles. The summed E-state index contributed by atoms with van der Waals surface area (Å²) in [6.07, 6.45) is -2.03. The van der Waals surface area contributed by atoms with Crippen molar-refractivity contribution >= 4 is 28.4 Å². The lowest BCUT2D eigenvalue weighted by molar-refractivity contribution is -0.136. The van der Waals surface area contributed by atoms with Gasteiger partial charge in [0, 0.05) is 63.6 Å². The fourth-order valence-corrected chi connectivity index (χ4v) is 4.88. The van der Waals surface area contributed by atoms with Crippen LogP contribution in [0.4, 0.5) is 24.7 Å². The van der Waals surface area contributed by atoms with Gasteiger partial charge in [-0.25, -0.2) is 9.78 Å². The van der Waals surface area contributed by atoms with Gasteiger partial charge < -0.3 is 24.3 Å². The second kappa shape index (κ2) is 11.0. The van der Waals surface area contributed by atoms with Crippen molar-refractivity contribution in [2.45, 2.75) is 6.18 Å². The van der Waals surface area contributed by atoms with E-state index in [4.69, 9.17) is 9.47 Å². The van der Waals surface area contributed by atoms with Gasteiger partial charge in [-0.2, -0.15) is 13.2 Å². The third-order valence-electron chi connectivity index (χ3n) is 6.87. The molecule has 2 saturated heterocycles. The van der Waals surface area contributed by atoms with E-state index in [9.17, 15) is 22.8 Å². The lowest BCUT2D eigenvalue weighted by atomic mass is 10.0.